The molecule has 0 aliphatic rings. The molecule has 4 heterocycles. The summed E-state index contributed by atoms with van der Waals surface area (Å²) in [6.45, 7) is 8.18. The minimum absolute atomic E-state index is 0.791. The number of hydrogen-bond acceptors (Lipinski definition) is 2. The summed E-state index contributed by atoms with van der Waals surface area (Å²) in [6.07, 6.45) is 7.53. The number of benzene rings is 4. The third kappa shape index (κ3) is 2.91. The topological polar surface area (TPSA) is 35.9 Å². The van der Waals surface area contributed by atoms with Crippen molar-refractivity contribution in [2.75, 3.05) is 0 Å². The van der Waals surface area contributed by atoms with Crippen LogP contribution in [0.25, 0.3) is 78.2 Å². The van der Waals surface area contributed by atoms with Gasteiger partial charge in [0, 0.05) is 44.4 Å². The molecular weight excluding hydrogens is 478 g/mol. The van der Waals surface area contributed by atoms with Gasteiger partial charge in [-0.15, -0.1) is 0 Å². The Morgan fingerprint density at radius 2 is 1.26 bits per heavy atom. The second-order valence-electron chi connectivity index (χ2n) is 9.75. The molecule has 0 fully saturated rings. The van der Waals surface area contributed by atoms with Gasteiger partial charge in [0.05, 0.1) is 28.4 Å². The van der Waals surface area contributed by atoms with Crippen LogP contribution in [-0.2, 0) is 0 Å². The molecule has 0 aliphatic heterocycles. The molecule has 4 aromatic carbocycles. The smallest absolute Gasteiger partial charge is 0.162 e. The van der Waals surface area contributed by atoms with Crippen LogP contribution in [-0.4, -0.2) is 14.1 Å². The van der Waals surface area contributed by atoms with Gasteiger partial charge in [0.15, 0.2) is 5.58 Å². The second-order valence-corrected chi connectivity index (χ2v) is 9.75. The number of furan rings is 1. The zero-order valence-electron chi connectivity index (χ0n) is 21.1. The van der Waals surface area contributed by atoms with Gasteiger partial charge in [0.2, 0.25) is 0 Å². The van der Waals surface area contributed by atoms with E-state index in [-0.39, 0.29) is 0 Å². The summed E-state index contributed by atoms with van der Waals surface area (Å²) in [5.41, 5.74) is 8.99. The molecule has 184 valence electrons. The lowest BCUT2D eigenvalue weighted by atomic mass is 10.1. The molecule has 39 heavy (non-hydrogen) atoms. The van der Waals surface area contributed by atoms with Gasteiger partial charge in [-0.25, -0.2) is 0 Å². The average Bonchev–Trinajstić information content (AvgIpc) is 3.64. The lowest BCUT2D eigenvalue weighted by molar-refractivity contribution is 0.665. The molecule has 8 aromatic rings. The molecule has 0 N–H and O–H groups in total. The van der Waals surface area contributed by atoms with Crippen LogP contribution >= 0.6 is 0 Å². The maximum Gasteiger partial charge on any atom is 0.162 e. The molecule has 0 unspecified atom stereocenters. The van der Waals surface area contributed by atoms with Crippen LogP contribution in [0.2, 0.25) is 0 Å². The van der Waals surface area contributed by atoms with E-state index in [1.165, 1.54) is 21.8 Å². The summed E-state index contributed by atoms with van der Waals surface area (Å²) in [5, 5.41) is 5.59. The van der Waals surface area contributed by atoms with Crippen molar-refractivity contribution in [3.8, 4) is 11.4 Å². The number of pyridine rings is 1. The molecule has 0 amide bonds. The Balaban J connectivity index is 1.43. The zero-order chi connectivity index (χ0) is 26.1. The molecule has 0 saturated carbocycles. The van der Waals surface area contributed by atoms with Crippen molar-refractivity contribution >= 4 is 66.8 Å². The second kappa shape index (κ2) is 8.07. The number of aromatic nitrogens is 3. The van der Waals surface area contributed by atoms with Crippen LogP contribution in [0.15, 0.2) is 121 Å². The minimum atomic E-state index is 0.791. The highest BCUT2D eigenvalue weighted by Crippen LogP contribution is 2.39. The molecule has 0 spiro atoms. The van der Waals surface area contributed by atoms with Crippen LogP contribution < -0.4 is 0 Å². The zero-order valence-corrected chi connectivity index (χ0v) is 21.1. The third-order valence-corrected chi connectivity index (χ3v) is 7.77. The summed E-state index contributed by atoms with van der Waals surface area (Å²) in [6, 6.07) is 31.8. The fourth-order valence-electron chi connectivity index (χ4n) is 6.12. The molecule has 0 bridgehead atoms. The molecule has 8 rings (SSSR count). The van der Waals surface area contributed by atoms with E-state index in [1.54, 1.807) is 0 Å². The highest BCUT2D eigenvalue weighted by atomic mass is 16.3. The molecule has 4 aromatic heterocycles. The largest absolute Gasteiger partial charge is 0.454 e. The van der Waals surface area contributed by atoms with Crippen molar-refractivity contribution in [3.63, 3.8) is 0 Å². The van der Waals surface area contributed by atoms with E-state index < -0.39 is 0 Å². The van der Waals surface area contributed by atoms with Crippen molar-refractivity contribution < 1.29 is 4.42 Å². The van der Waals surface area contributed by atoms with Gasteiger partial charge in [-0.05, 0) is 42.5 Å². The van der Waals surface area contributed by atoms with Gasteiger partial charge >= 0.3 is 0 Å². The normalized spacial score (nSPS) is 11.8. The SMILES string of the molecule is C=Cc1c(C=C)n(-c2cncc3c2oc2ccc(-n4c5ccccc5c5ccccc54)cc23)c2ccccc12. The fourth-order valence-corrected chi connectivity index (χ4v) is 6.12. The van der Waals surface area contributed by atoms with Crippen molar-refractivity contribution in [2.45, 2.75) is 0 Å². The monoisotopic (exact) mass is 501 g/mol. The Hall–Kier alpha value is -5.35. The van der Waals surface area contributed by atoms with Gasteiger partial charge in [-0.2, -0.15) is 0 Å². The van der Waals surface area contributed by atoms with Gasteiger partial charge in [0.25, 0.3) is 0 Å². The van der Waals surface area contributed by atoms with Crippen molar-refractivity contribution in [1.82, 2.24) is 14.1 Å². The van der Waals surface area contributed by atoms with Crippen molar-refractivity contribution in [3.05, 3.63) is 128 Å². The summed E-state index contributed by atoms with van der Waals surface area (Å²) in [4.78, 5) is 4.67. The first-order valence-corrected chi connectivity index (χ1v) is 13.0. The molecule has 4 nitrogen and oxygen atoms in total. The maximum atomic E-state index is 6.55. The number of hydrogen-bond donors (Lipinski definition) is 0. The fraction of sp³-hybridized carbons (Fsp3) is 0. The molecule has 0 radical (unpaired) electrons. The summed E-state index contributed by atoms with van der Waals surface area (Å²) < 4.78 is 11.0. The quantitative estimate of drug-likeness (QED) is 0.241. The van der Waals surface area contributed by atoms with Crippen LogP contribution in [0, 0.1) is 0 Å². The van der Waals surface area contributed by atoms with E-state index in [2.05, 4.69) is 106 Å². The predicted molar refractivity (Wildman–Crippen MR) is 163 cm³/mol. The standard InChI is InChI=1S/C35H23N3O/c1-3-23-24-11-5-10-16-32(24)38(29(23)4-2)33-21-36-20-28-27-19-22(17-18-34(27)39-35(28)33)37-30-14-8-6-12-25(30)26-13-7-9-15-31(26)37/h3-21H,1-2H2. The van der Waals surface area contributed by atoms with Crippen LogP contribution in [0.1, 0.15) is 11.3 Å². The Labute approximate surface area is 224 Å². The Kier molecular flexibility index (Phi) is 4.49. The Morgan fingerprint density at radius 1 is 0.615 bits per heavy atom. The van der Waals surface area contributed by atoms with Crippen LogP contribution in [0.4, 0.5) is 0 Å². The Bertz CT molecular complexity index is 2220. The molecule has 0 atom stereocenters. The van der Waals surface area contributed by atoms with Gasteiger partial charge in [0.1, 0.15) is 11.3 Å². The number of para-hydroxylation sites is 3. The Morgan fingerprint density at radius 3 is 1.92 bits per heavy atom. The van der Waals surface area contributed by atoms with E-state index in [4.69, 9.17) is 4.42 Å². The number of fused-ring (bicyclic) bond motifs is 7. The minimum Gasteiger partial charge on any atom is -0.454 e. The van der Waals surface area contributed by atoms with E-state index in [1.807, 2.05) is 36.7 Å². The van der Waals surface area contributed by atoms with E-state index in [0.29, 0.717) is 0 Å². The van der Waals surface area contributed by atoms with E-state index >= 15 is 0 Å². The average molecular weight is 502 g/mol. The number of rotatable bonds is 4. The van der Waals surface area contributed by atoms with Crippen LogP contribution in [0.3, 0.4) is 0 Å². The first-order valence-electron chi connectivity index (χ1n) is 13.0. The highest BCUT2D eigenvalue weighted by molar-refractivity contribution is 6.11. The molecular formula is C35H23N3O. The number of nitrogens with zero attached hydrogens (tertiary/aromatic N) is 3. The molecule has 0 aliphatic carbocycles. The molecule has 4 heteroatoms. The summed E-state index contributed by atoms with van der Waals surface area (Å²) >= 11 is 0. The van der Waals surface area contributed by atoms with Gasteiger partial charge in [-0.3, -0.25) is 4.98 Å². The van der Waals surface area contributed by atoms with Crippen molar-refractivity contribution in [2.24, 2.45) is 0 Å². The van der Waals surface area contributed by atoms with Crippen molar-refractivity contribution in [1.29, 1.82) is 0 Å². The first kappa shape index (κ1) is 21.7. The van der Waals surface area contributed by atoms with Crippen LogP contribution in [0.5, 0.6) is 0 Å². The third-order valence-electron chi connectivity index (χ3n) is 7.77. The summed E-state index contributed by atoms with van der Waals surface area (Å²) in [7, 11) is 0. The molecule has 0 saturated heterocycles. The maximum absolute atomic E-state index is 6.55. The highest BCUT2D eigenvalue weighted by Gasteiger charge is 2.20. The van der Waals surface area contributed by atoms with Gasteiger partial charge in [-0.1, -0.05) is 73.8 Å². The lowest BCUT2D eigenvalue weighted by Gasteiger charge is -2.09. The summed E-state index contributed by atoms with van der Waals surface area (Å²) in [5.74, 6) is 0. The lowest BCUT2D eigenvalue weighted by Crippen LogP contribution is -1.98. The van der Waals surface area contributed by atoms with Gasteiger partial charge < -0.3 is 13.6 Å². The first-order chi connectivity index (χ1) is 19.3. The van der Waals surface area contributed by atoms with E-state index in [9.17, 15) is 0 Å². The van der Waals surface area contributed by atoms with E-state index in [0.717, 1.165) is 55.5 Å². The predicted octanol–water partition coefficient (Wildman–Crippen LogP) is 9.31.